The second-order valence-electron chi connectivity index (χ2n) is 9.94. The minimum absolute atomic E-state index is 0.0153. The summed E-state index contributed by atoms with van der Waals surface area (Å²) >= 11 is 1.22. The summed E-state index contributed by atoms with van der Waals surface area (Å²) in [6, 6.07) is 12.8. The molecule has 2 amide bonds. The van der Waals surface area contributed by atoms with Crippen molar-refractivity contribution in [3.8, 4) is 11.4 Å². The van der Waals surface area contributed by atoms with Crippen LogP contribution in [0.3, 0.4) is 0 Å². The highest BCUT2D eigenvalue weighted by molar-refractivity contribution is 7.20. The highest BCUT2D eigenvalue weighted by Gasteiger charge is 2.30. The summed E-state index contributed by atoms with van der Waals surface area (Å²) in [6.45, 7) is 5.53. The lowest BCUT2D eigenvalue weighted by atomic mass is 10.0. The van der Waals surface area contributed by atoms with E-state index in [1.165, 1.54) is 11.3 Å². The SMILES string of the molecule is C=CCC(N1CCC(NC(=O)c2ccc3sc(C(N)=O)nc3c2)CC1)n1c(-c2cccnc2N)nc2cccnc21. The predicted molar refractivity (Wildman–Crippen MR) is 159 cm³/mol. The van der Waals surface area contributed by atoms with Crippen molar-refractivity contribution in [3.63, 3.8) is 0 Å². The Morgan fingerprint density at radius 2 is 1.88 bits per heavy atom. The van der Waals surface area contributed by atoms with Gasteiger partial charge in [0.15, 0.2) is 10.7 Å². The van der Waals surface area contributed by atoms with E-state index in [1.54, 1.807) is 30.6 Å². The molecule has 208 valence electrons. The van der Waals surface area contributed by atoms with Crippen LogP contribution in [0.1, 0.15) is 45.6 Å². The van der Waals surface area contributed by atoms with Gasteiger partial charge < -0.3 is 16.8 Å². The molecule has 0 bridgehead atoms. The highest BCUT2D eigenvalue weighted by Crippen LogP contribution is 2.34. The van der Waals surface area contributed by atoms with Gasteiger partial charge in [0.25, 0.3) is 11.8 Å². The van der Waals surface area contributed by atoms with Gasteiger partial charge in [-0.15, -0.1) is 17.9 Å². The summed E-state index contributed by atoms with van der Waals surface area (Å²) in [5.41, 5.74) is 15.0. The molecule has 1 atom stereocenters. The summed E-state index contributed by atoms with van der Waals surface area (Å²) in [7, 11) is 0. The first-order valence-electron chi connectivity index (χ1n) is 13.3. The van der Waals surface area contributed by atoms with E-state index in [1.807, 2.05) is 30.3 Å². The number of carbonyl (C=O) groups excluding carboxylic acids is 2. The van der Waals surface area contributed by atoms with Gasteiger partial charge in [-0.05, 0) is 61.7 Å². The first-order valence-corrected chi connectivity index (χ1v) is 14.1. The minimum Gasteiger partial charge on any atom is -0.383 e. The zero-order valence-corrected chi connectivity index (χ0v) is 23.1. The molecule has 0 spiro atoms. The van der Waals surface area contributed by atoms with Gasteiger partial charge in [0.05, 0.1) is 21.9 Å². The topological polar surface area (TPSA) is 158 Å². The van der Waals surface area contributed by atoms with Gasteiger partial charge in [-0.2, -0.15) is 0 Å². The number of hydrogen-bond acceptors (Lipinski definition) is 9. The number of piperidine rings is 1. The van der Waals surface area contributed by atoms with Crippen LogP contribution < -0.4 is 16.8 Å². The van der Waals surface area contributed by atoms with E-state index in [0.717, 1.165) is 47.4 Å². The van der Waals surface area contributed by atoms with Crippen molar-refractivity contribution in [1.29, 1.82) is 0 Å². The third kappa shape index (κ3) is 5.14. The summed E-state index contributed by atoms with van der Waals surface area (Å²) in [5, 5.41) is 3.40. The third-order valence-electron chi connectivity index (χ3n) is 7.35. The number of nitrogens with two attached hydrogens (primary N) is 2. The first kappa shape index (κ1) is 26.5. The zero-order valence-electron chi connectivity index (χ0n) is 22.2. The molecule has 6 rings (SSSR count). The molecular formula is C29H29N9O2S. The lowest BCUT2D eigenvalue weighted by Crippen LogP contribution is -2.46. The molecule has 5 aromatic rings. The quantitative estimate of drug-likeness (QED) is 0.239. The van der Waals surface area contributed by atoms with Crippen molar-refractivity contribution in [2.24, 2.45) is 5.73 Å². The Morgan fingerprint density at radius 1 is 1.10 bits per heavy atom. The molecule has 1 fully saturated rings. The van der Waals surface area contributed by atoms with E-state index in [0.29, 0.717) is 29.1 Å². The Labute approximate surface area is 239 Å². The number of thiazole rings is 1. The zero-order chi connectivity index (χ0) is 28.5. The van der Waals surface area contributed by atoms with Gasteiger partial charge in [0, 0.05) is 37.1 Å². The van der Waals surface area contributed by atoms with Crippen LogP contribution in [0.4, 0.5) is 5.82 Å². The average Bonchev–Trinajstić information content (AvgIpc) is 3.58. The number of carbonyl (C=O) groups is 2. The van der Waals surface area contributed by atoms with E-state index in [-0.39, 0.29) is 23.1 Å². The number of aromatic nitrogens is 5. The Bertz CT molecular complexity index is 1770. The van der Waals surface area contributed by atoms with Crippen LogP contribution in [0.5, 0.6) is 0 Å². The van der Waals surface area contributed by atoms with Gasteiger partial charge in [0.1, 0.15) is 17.2 Å². The summed E-state index contributed by atoms with van der Waals surface area (Å²) in [6.07, 6.45) is 7.46. The van der Waals surface area contributed by atoms with Gasteiger partial charge in [-0.25, -0.2) is 19.9 Å². The molecule has 1 aliphatic heterocycles. The normalized spacial score (nSPS) is 15.2. The van der Waals surface area contributed by atoms with Crippen LogP contribution in [0, 0.1) is 0 Å². The molecular weight excluding hydrogens is 538 g/mol. The molecule has 4 aromatic heterocycles. The van der Waals surface area contributed by atoms with Crippen molar-refractivity contribution in [1.82, 2.24) is 34.7 Å². The molecule has 1 aromatic carbocycles. The number of nitrogens with one attached hydrogen (secondary N) is 1. The molecule has 12 heteroatoms. The van der Waals surface area contributed by atoms with Crippen LogP contribution >= 0.6 is 11.3 Å². The number of rotatable bonds is 8. The van der Waals surface area contributed by atoms with E-state index >= 15 is 0 Å². The van der Waals surface area contributed by atoms with Gasteiger partial charge >= 0.3 is 0 Å². The van der Waals surface area contributed by atoms with Crippen molar-refractivity contribution in [2.75, 3.05) is 18.8 Å². The fourth-order valence-corrected chi connectivity index (χ4v) is 6.16. The standard InChI is InChI=1S/C29H29N9O2S/c1-2-5-23(38-26(19-6-3-12-32-24(19)30)35-20-7-4-13-33-27(20)38)37-14-10-18(11-15-37)34-28(40)17-8-9-22-21(16-17)36-29(41-22)25(31)39/h2-4,6-9,12-13,16,18,23H,1,5,10-11,14-15H2,(H2,30,32)(H2,31,39)(H,34,40). The Kier molecular flexibility index (Phi) is 7.16. The van der Waals surface area contributed by atoms with Crippen molar-refractivity contribution in [2.45, 2.75) is 31.5 Å². The van der Waals surface area contributed by atoms with E-state index < -0.39 is 5.91 Å². The molecule has 1 aliphatic rings. The molecule has 0 radical (unpaired) electrons. The molecule has 5 N–H and O–H groups in total. The number of pyridine rings is 2. The molecule has 5 heterocycles. The van der Waals surface area contributed by atoms with E-state index in [2.05, 4.69) is 36.3 Å². The second kappa shape index (κ2) is 11.1. The first-order chi connectivity index (χ1) is 19.9. The fraction of sp³-hybridized carbons (Fsp3) is 0.241. The largest absolute Gasteiger partial charge is 0.383 e. The van der Waals surface area contributed by atoms with Crippen LogP contribution in [-0.2, 0) is 0 Å². The average molecular weight is 568 g/mol. The second-order valence-corrected chi connectivity index (χ2v) is 11.0. The monoisotopic (exact) mass is 567 g/mol. The number of nitrogen functional groups attached to an aromatic ring is 1. The number of anilines is 1. The maximum absolute atomic E-state index is 13.1. The number of fused-ring (bicyclic) bond motifs is 2. The number of benzene rings is 1. The van der Waals surface area contributed by atoms with Gasteiger partial charge in [0.2, 0.25) is 0 Å². The lowest BCUT2D eigenvalue weighted by molar-refractivity contribution is 0.0836. The predicted octanol–water partition coefficient (Wildman–Crippen LogP) is 3.75. The van der Waals surface area contributed by atoms with Crippen LogP contribution in [0.25, 0.3) is 32.8 Å². The number of amides is 2. The molecule has 0 aliphatic carbocycles. The van der Waals surface area contributed by atoms with Gasteiger partial charge in [-0.3, -0.25) is 19.1 Å². The summed E-state index contributed by atoms with van der Waals surface area (Å²) in [4.78, 5) is 45.0. The number of nitrogens with zero attached hydrogens (tertiary/aromatic N) is 6. The molecule has 0 saturated carbocycles. The lowest BCUT2D eigenvalue weighted by Gasteiger charge is -2.38. The molecule has 1 saturated heterocycles. The van der Waals surface area contributed by atoms with Crippen LogP contribution in [0.15, 0.2) is 67.5 Å². The molecule has 11 nitrogen and oxygen atoms in total. The Balaban J connectivity index is 1.21. The third-order valence-corrected chi connectivity index (χ3v) is 8.40. The van der Waals surface area contributed by atoms with Gasteiger partial charge in [-0.1, -0.05) is 6.08 Å². The van der Waals surface area contributed by atoms with Crippen LogP contribution in [0.2, 0.25) is 0 Å². The molecule has 1 unspecified atom stereocenters. The summed E-state index contributed by atoms with van der Waals surface area (Å²) < 4.78 is 2.94. The van der Waals surface area contributed by atoms with E-state index in [4.69, 9.17) is 16.5 Å². The maximum atomic E-state index is 13.1. The van der Waals surface area contributed by atoms with Crippen molar-refractivity contribution in [3.05, 3.63) is 78.1 Å². The summed E-state index contributed by atoms with van der Waals surface area (Å²) in [5.74, 6) is 0.378. The Hall–Kier alpha value is -4.68. The van der Waals surface area contributed by atoms with Crippen LogP contribution in [-0.4, -0.2) is 60.3 Å². The smallest absolute Gasteiger partial charge is 0.277 e. The fourth-order valence-electron chi connectivity index (χ4n) is 5.36. The number of likely N-dealkylation sites (tertiary alicyclic amines) is 1. The number of imidazole rings is 1. The minimum atomic E-state index is -0.575. The molecule has 41 heavy (non-hydrogen) atoms. The number of hydrogen-bond donors (Lipinski definition) is 3. The highest BCUT2D eigenvalue weighted by atomic mass is 32.1. The number of primary amides is 1. The van der Waals surface area contributed by atoms with Crippen molar-refractivity contribution < 1.29 is 9.59 Å². The van der Waals surface area contributed by atoms with Crippen molar-refractivity contribution >= 4 is 50.3 Å². The Morgan fingerprint density at radius 3 is 2.63 bits per heavy atom. The van der Waals surface area contributed by atoms with E-state index in [9.17, 15) is 9.59 Å². The maximum Gasteiger partial charge on any atom is 0.277 e.